The van der Waals surface area contributed by atoms with E-state index < -0.39 is 17.3 Å². The SMILES string of the molecule is CNC(=O)CN(C)c1ccc(C(F)(F)F)c(C#N)c1. The van der Waals surface area contributed by atoms with Crippen LogP contribution in [0.25, 0.3) is 0 Å². The molecule has 0 saturated heterocycles. The third kappa shape index (κ3) is 3.61. The Balaban J connectivity index is 3.08. The number of nitrogens with one attached hydrogen (secondary N) is 1. The van der Waals surface area contributed by atoms with Gasteiger partial charge in [-0.3, -0.25) is 4.79 Å². The molecule has 1 aromatic rings. The van der Waals surface area contributed by atoms with Gasteiger partial charge in [0.2, 0.25) is 5.91 Å². The normalized spacial score (nSPS) is 10.7. The third-order valence-electron chi connectivity index (χ3n) is 2.53. The molecular weight excluding hydrogens is 259 g/mol. The summed E-state index contributed by atoms with van der Waals surface area (Å²) in [6.07, 6.45) is -4.57. The van der Waals surface area contributed by atoms with Gasteiger partial charge in [-0.1, -0.05) is 0 Å². The highest BCUT2D eigenvalue weighted by atomic mass is 19.4. The van der Waals surface area contributed by atoms with E-state index in [1.165, 1.54) is 24.1 Å². The number of amides is 1. The number of nitrogens with zero attached hydrogens (tertiary/aromatic N) is 2. The van der Waals surface area contributed by atoms with Crippen molar-refractivity contribution in [1.82, 2.24) is 5.32 Å². The van der Waals surface area contributed by atoms with Gasteiger partial charge in [-0.25, -0.2) is 0 Å². The molecule has 1 aromatic carbocycles. The number of likely N-dealkylation sites (N-methyl/N-ethyl adjacent to an activating group) is 2. The number of alkyl halides is 3. The van der Waals surface area contributed by atoms with Crippen LogP contribution in [0.15, 0.2) is 18.2 Å². The van der Waals surface area contributed by atoms with Crippen molar-refractivity contribution in [1.29, 1.82) is 5.26 Å². The van der Waals surface area contributed by atoms with Crippen molar-refractivity contribution in [2.24, 2.45) is 0 Å². The first-order valence-corrected chi connectivity index (χ1v) is 5.32. The van der Waals surface area contributed by atoms with Crippen molar-refractivity contribution in [3.63, 3.8) is 0 Å². The standard InChI is InChI=1S/C12H12F3N3O/c1-17-11(19)7-18(2)9-3-4-10(12(13,14)15)8(5-9)6-16/h3-5H,7H2,1-2H3,(H,17,19). The van der Waals surface area contributed by atoms with Crippen molar-refractivity contribution in [3.8, 4) is 6.07 Å². The summed E-state index contributed by atoms with van der Waals surface area (Å²) in [5.74, 6) is -0.277. The zero-order chi connectivity index (χ0) is 14.6. The Morgan fingerprint density at radius 2 is 2.11 bits per heavy atom. The first-order valence-electron chi connectivity index (χ1n) is 5.32. The number of rotatable bonds is 3. The lowest BCUT2D eigenvalue weighted by atomic mass is 10.1. The number of nitriles is 1. The van der Waals surface area contributed by atoms with Crippen molar-refractivity contribution >= 4 is 11.6 Å². The lowest BCUT2D eigenvalue weighted by molar-refractivity contribution is -0.137. The minimum absolute atomic E-state index is 0.00721. The molecule has 1 rings (SSSR count). The molecule has 1 amide bonds. The zero-order valence-corrected chi connectivity index (χ0v) is 10.4. The third-order valence-corrected chi connectivity index (χ3v) is 2.53. The zero-order valence-electron chi connectivity index (χ0n) is 10.4. The van der Waals surface area contributed by atoms with E-state index in [4.69, 9.17) is 5.26 Å². The van der Waals surface area contributed by atoms with Gasteiger partial charge in [0.15, 0.2) is 0 Å². The van der Waals surface area contributed by atoms with Gasteiger partial charge in [-0.2, -0.15) is 18.4 Å². The van der Waals surface area contributed by atoms with E-state index in [0.717, 1.165) is 12.1 Å². The van der Waals surface area contributed by atoms with Gasteiger partial charge in [-0.15, -0.1) is 0 Å². The monoisotopic (exact) mass is 271 g/mol. The van der Waals surface area contributed by atoms with Gasteiger partial charge < -0.3 is 10.2 Å². The van der Waals surface area contributed by atoms with Gasteiger partial charge in [0.25, 0.3) is 0 Å². The fourth-order valence-electron chi connectivity index (χ4n) is 1.50. The quantitative estimate of drug-likeness (QED) is 0.911. The molecule has 0 fully saturated rings. The summed E-state index contributed by atoms with van der Waals surface area (Å²) in [4.78, 5) is 12.6. The van der Waals surface area contributed by atoms with Crippen LogP contribution < -0.4 is 10.2 Å². The molecule has 0 aliphatic heterocycles. The maximum absolute atomic E-state index is 12.6. The Morgan fingerprint density at radius 3 is 2.58 bits per heavy atom. The Morgan fingerprint density at radius 1 is 1.47 bits per heavy atom. The number of anilines is 1. The van der Waals surface area contributed by atoms with E-state index in [9.17, 15) is 18.0 Å². The molecule has 1 N–H and O–H groups in total. The summed E-state index contributed by atoms with van der Waals surface area (Å²) in [5.41, 5.74) is -1.08. The molecule has 4 nitrogen and oxygen atoms in total. The number of halogens is 3. The predicted molar refractivity (Wildman–Crippen MR) is 63.5 cm³/mol. The number of carbonyl (C=O) groups excluding carboxylic acids is 1. The Bertz CT molecular complexity index is 520. The van der Waals surface area contributed by atoms with Crippen LogP contribution in [0.5, 0.6) is 0 Å². The van der Waals surface area contributed by atoms with E-state index >= 15 is 0 Å². The highest BCUT2D eigenvalue weighted by Crippen LogP contribution is 2.33. The Labute approximate surface area is 108 Å². The second-order valence-electron chi connectivity index (χ2n) is 3.87. The van der Waals surface area contributed by atoms with Crippen LogP contribution in [0, 0.1) is 11.3 Å². The van der Waals surface area contributed by atoms with Crippen molar-refractivity contribution in [2.45, 2.75) is 6.18 Å². The molecule has 102 valence electrons. The van der Waals surface area contributed by atoms with E-state index in [-0.39, 0.29) is 12.5 Å². The van der Waals surface area contributed by atoms with Crippen LogP contribution in [0.1, 0.15) is 11.1 Å². The molecule has 19 heavy (non-hydrogen) atoms. The highest BCUT2D eigenvalue weighted by Gasteiger charge is 2.33. The van der Waals surface area contributed by atoms with E-state index in [1.807, 2.05) is 0 Å². The first-order chi connectivity index (χ1) is 8.79. The second-order valence-corrected chi connectivity index (χ2v) is 3.87. The molecule has 0 unspecified atom stereocenters. The van der Waals surface area contributed by atoms with E-state index in [2.05, 4.69) is 5.32 Å². The molecule has 0 aromatic heterocycles. The van der Waals surface area contributed by atoms with Crippen LogP contribution in [0.2, 0.25) is 0 Å². The largest absolute Gasteiger partial charge is 0.417 e. The van der Waals surface area contributed by atoms with E-state index in [0.29, 0.717) is 5.69 Å². The Kier molecular flexibility index (Phi) is 4.38. The summed E-state index contributed by atoms with van der Waals surface area (Å²) in [5, 5.41) is 11.2. The van der Waals surface area contributed by atoms with Crippen LogP contribution >= 0.6 is 0 Å². The average Bonchev–Trinajstić information content (AvgIpc) is 2.36. The molecule has 0 radical (unpaired) electrons. The summed E-state index contributed by atoms with van der Waals surface area (Å²) in [7, 11) is 3.02. The van der Waals surface area contributed by atoms with Gasteiger partial charge in [0.05, 0.1) is 23.7 Å². The van der Waals surface area contributed by atoms with Crippen molar-refractivity contribution in [2.75, 3.05) is 25.5 Å². The smallest absolute Gasteiger partial charge is 0.365 e. The molecule has 0 atom stereocenters. The second kappa shape index (κ2) is 5.61. The highest BCUT2D eigenvalue weighted by molar-refractivity contribution is 5.81. The molecular formula is C12H12F3N3O. The molecule has 0 aliphatic rings. The fourth-order valence-corrected chi connectivity index (χ4v) is 1.50. The Hall–Kier alpha value is -2.23. The predicted octanol–water partition coefficient (Wildman–Crippen LogP) is 1.76. The van der Waals surface area contributed by atoms with E-state index in [1.54, 1.807) is 7.05 Å². The summed E-state index contributed by atoms with van der Waals surface area (Å²) < 4.78 is 37.8. The van der Waals surface area contributed by atoms with Crippen LogP contribution in [0.3, 0.4) is 0 Å². The lowest BCUT2D eigenvalue weighted by Gasteiger charge is -2.19. The van der Waals surface area contributed by atoms with Gasteiger partial charge in [-0.05, 0) is 18.2 Å². The minimum atomic E-state index is -4.57. The number of carbonyl (C=O) groups is 1. The van der Waals surface area contributed by atoms with Crippen molar-refractivity contribution in [3.05, 3.63) is 29.3 Å². The van der Waals surface area contributed by atoms with Crippen molar-refractivity contribution < 1.29 is 18.0 Å². The maximum Gasteiger partial charge on any atom is 0.417 e. The first kappa shape index (κ1) is 14.8. The summed E-state index contributed by atoms with van der Waals surface area (Å²) in [6.45, 7) is -0.00721. The summed E-state index contributed by atoms with van der Waals surface area (Å²) in [6, 6.07) is 4.70. The molecule has 7 heteroatoms. The number of hydrogen-bond donors (Lipinski definition) is 1. The van der Waals surface area contributed by atoms with Crippen LogP contribution in [-0.2, 0) is 11.0 Å². The molecule has 0 saturated carbocycles. The minimum Gasteiger partial charge on any atom is -0.365 e. The number of hydrogen-bond acceptors (Lipinski definition) is 3. The van der Waals surface area contributed by atoms with Crippen LogP contribution in [-0.4, -0.2) is 26.5 Å². The molecule has 0 bridgehead atoms. The topological polar surface area (TPSA) is 56.1 Å². The fraction of sp³-hybridized carbons (Fsp3) is 0.333. The molecule has 0 aliphatic carbocycles. The average molecular weight is 271 g/mol. The van der Waals surface area contributed by atoms with Gasteiger partial charge >= 0.3 is 6.18 Å². The molecule has 0 heterocycles. The summed E-state index contributed by atoms with van der Waals surface area (Å²) >= 11 is 0. The maximum atomic E-state index is 12.6. The number of benzene rings is 1. The lowest BCUT2D eigenvalue weighted by Crippen LogP contribution is -2.33. The van der Waals surface area contributed by atoms with Gasteiger partial charge in [0.1, 0.15) is 0 Å². The van der Waals surface area contributed by atoms with Crippen LogP contribution in [0.4, 0.5) is 18.9 Å². The van der Waals surface area contributed by atoms with Gasteiger partial charge in [0, 0.05) is 19.8 Å². The molecule has 0 spiro atoms.